The number of hydrogen-bond acceptors (Lipinski definition) is 6. The van der Waals surface area contributed by atoms with E-state index in [-0.39, 0.29) is 10.7 Å². The molecule has 0 spiro atoms. The highest BCUT2D eigenvalue weighted by Gasteiger charge is 2.24. The van der Waals surface area contributed by atoms with Crippen molar-refractivity contribution in [1.29, 1.82) is 0 Å². The lowest BCUT2D eigenvalue weighted by Gasteiger charge is -2.12. The van der Waals surface area contributed by atoms with E-state index in [1.54, 1.807) is 18.1 Å². The van der Waals surface area contributed by atoms with Crippen LogP contribution in [0.25, 0.3) is 5.69 Å². The van der Waals surface area contributed by atoms with E-state index in [0.29, 0.717) is 11.7 Å². The molecule has 0 N–H and O–H groups in total. The zero-order chi connectivity index (χ0) is 18.2. The first-order valence-corrected chi connectivity index (χ1v) is 9.12. The van der Waals surface area contributed by atoms with Crippen molar-refractivity contribution >= 4 is 11.8 Å². The summed E-state index contributed by atoms with van der Waals surface area (Å²) in [7, 11) is 0. The molecule has 0 amide bonds. The fourth-order valence-electron chi connectivity index (χ4n) is 2.46. The van der Waals surface area contributed by atoms with E-state index >= 15 is 0 Å². The summed E-state index contributed by atoms with van der Waals surface area (Å²) in [6.45, 7) is 12.4. The van der Waals surface area contributed by atoms with Crippen LogP contribution in [0.2, 0.25) is 0 Å². The molecule has 3 aromatic rings. The van der Waals surface area contributed by atoms with E-state index in [1.807, 2.05) is 11.5 Å². The lowest BCUT2D eigenvalue weighted by Crippen LogP contribution is -2.13. The zero-order valence-corrected chi connectivity index (χ0v) is 16.3. The summed E-state index contributed by atoms with van der Waals surface area (Å²) in [5.74, 6) is 1.32. The zero-order valence-electron chi connectivity index (χ0n) is 15.4. The van der Waals surface area contributed by atoms with E-state index in [4.69, 9.17) is 4.52 Å². The number of hydrogen-bond donors (Lipinski definition) is 0. The first-order chi connectivity index (χ1) is 11.8. The Kier molecular flexibility index (Phi) is 4.69. The van der Waals surface area contributed by atoms with Crippen LogP contribution in [0.1, 0.15) is 55.8 Å². The Bertz CT molecular complexity index is 878. The molecule has 0 bridgehead atoms. The van der Waals surface area contributed by atoms with Crippen molar-refractivity contribution in [3.63, 3.8) is 0 Å². The molecule has 1 atom stereocenters. The Morgan fingerprint density at radius 3 is 2.60 bits per heavy atom. The van der Waals surface area contributed by atoms with Gasteiger partial charge in [-0.25, -0.2) is 0 Å². The van der Waals surface area contributed by atoms with Gasteiger partial charge in [0.1, 0.15) is 6.33 Å². The summed E-state index contributed by atoms with van der Waals surface area (Å²) in [6.07, 6.45) is 1.74. The average Bonchev–Trinajstić information content (AvgIpc) is 3.16. The van der Waals surface area contributed by atoms with Gasteiger partial charge in [-0.2, -0.15) is 4.98 Å². The molecule has 0 radical (unpaired) electrons. The molecule has 3 rings (SSSR count). The monoisotopic (exact) mass is 357 g/mol. The first-order valence-electron chi connectivity index (χ1n) is 8.24. The first kappa shape index (κ1) is 17.7. The Hall–Kier alpha value is -2.15. The maximum atomic E-state index is 5.45. The molecule has 132 valence electrons. The number of benzene rings is 1. The lowest BCUT2D eigenvalue weighted by molar-refractivity contribution is 0.364. The van der Waals surface area contributed by atoms with Crippen LogP contribution in [0.5, 0.6) is 0 Å². The maximum Gasteiger partial charge on any atom is 0.239 e. The summed E-state index contributed by atoms with van der Waals surface area (Å²) in [6, 6.07) is 6.34. The molecule has 0 saturated carbocycles. The van der Waals surface area contributed by atoms with Crippen molar-refractivity contribution in [2.24, 2.45) is 0 Å². The van der Waals surface area contributed by atoms with Crippen molar-refractivity contribution in [3.8, 4) is 5.69 Å². The molecule has 0 aliphatic rings. The highest BCUT2D eigenvalue weighted by molar-refractivity contribution is 7.99. The van der Waals surface area contributed by atoms with E-state index in [0.717, 1.165) is 10.8 Å². The predicted octanol–water partition coefficient (Wildman–Crippen LogP) is 4.42. The van der Waals surface area contributed by atoms with Crippen LogP contribution in [0.4, 0.5) is 0 Å². The van der Waals surface area contributed by atoms with Crippen LogP contribution < -0.4 is 0 Å². The van der Waals surface area contributed by atoms with Crippen LogP contribution in [0.3, 0.4) is 0 Å². The summed E-state index contributed by atoms with van der Waals surface area (Å²) < 4.78 is 7.44. The highest BCUT2D eigenvalue weighted by Crippen LogP contribution is 2.35. The van der Waals surface area contributed by atoms with E-state index in [1.165, 1.54) is 11.1 Å². The third kappa shape index (κ3) is 3.76. The van der Waals surface area contributed by atoms with Gasteiger partial charge in [0.05, 0.1) is 10.9 Å². The van der Waals surface area contributed by atoms with Crippen molar-refractivity contribution < 1.29 is 4.52 Å². The van der Waals surface area contributed by atoms with Crippen molar-refractivity contribution in [3.05, 3.63) is 47.4 Å². The number of thioether (sulfide) groups is 1. The molecule has 25 heavy (non-hydrogen) atoms. The van der Waals surface area contributed by atoms with Crippen LogP contribution in [-0.4, -0.2) is 24.9 Å². The quantitative estimate of drug-likeness (QED) is 0.644. The van der Waals surface area contributed by atoms with Crippen molar-refractivity contribution in [1.82, 2.24) is 24.9 Å². The minimum Gasteiger partial charge on any atom is -0.338 e. The van der Waals surface area contributed by atoms with Gasteiger partial charge in [0.15, 0.2) is 11.0 Å². The van der Waals surface area contributed by atoms with Crippen molar-refractivity contribution in [2.75, 3.05) is 0 Å². The fraction of sp³-hybridized carbons (Fsp3) is 0.444. The summed E-state index contributed by atoms with van der Waals surface area (Å²) in [5.41, 5.74) is 3.36. The molecule has 0 aliphatic heterocycles. The number of aryl methyl sites for hydroxylation is 2. The van der Waals surface area contributed by atoms with Crippen LogP contribution in [-0.2, 0) is 5.41 Å². The molecule has 0 fully saturated rings. The third-order valence-electron chi connectivity index (χ3n) is 3.87. The smallest absolute Gasteiger partial charge is 0.239 e. The molecule has 2 heterocycles. The standard InChI is InChI=1S/C18H23N5OS/c1-11-7-8-14(12(2)9-11)23-10-19-21-17(23)25-13(3)15-20-16(22-24-15)18(4,5)6/h7-10,13H,1-6H3. The minimum atomic E-state index is -0.134. The molecule has 1 unspecified atom stereocenters. The second-order valence-electron chi connectivity index (χ2n) is 7.24. The highest BCUT2D eigenvalue weighted by atomic mass is 32.2. The Balaban J connectivity index is 1.85. The summed E-state index contributed by atoms with van der Waals surface area (Å²) in [4.78, 5) is 4.54. The van der Waals surface area contributed by atoms with E-state index in [2.05, 4.69) is 73.2 Å². The van der Waals surface area contributed by atoms with Gasteiger partial charge in [-0.3, -0.25) is 4.57 Å². The Morgan fingerprint density at radius 1 is 1.20 bits per heavy atom. The SMILES string of the molecule is Cc1ccc(-n2cnnc2SC(C)c2nc(C(C)(C)C)no2)c(C)c1. The van der Waals surface area contributed by atoms with Crippen LogP contribution in [0.15, 0.2) is 34.2 Å². The van der Waals surface area contributed by atoms with Gasteiger partial charge < -0.3 is 4.52 Å². The van der Waals surface area contributed by atoms with E-state index < -0.39 is 0 Å². The molecule has 1 aromatic carbocycles. The minimum absolute atomic E-state index is 0.0164. The van der Waals surface area contributed by atoms with Gasteiger partial charge >= 0.3 is 0 Å². The van der Waals surface area contributed by atoms with Crippen LogP contribution >= 0.6 is 11.8 Å². The number of rotatable bonds is 4. The number of nitrogens with zero attached hydrogens (tertiary/aromatic N) is 5. The van der Waals surface area contributed by atoms with Crippen LogP contribution in [0, 0.1) is 13.8 Å². The summed E-state index contributed by atoms with van der Waals surface area (Å²) in [5, 5.41) is 13.2. The molecule has 6 nitrogen and oxygen atoms in total. The van der Waals surface area contributed by atoms with Gasteiger partial charge in [0, 0.05) is 5.41 Å². The molecule has 7 heteroatoms. The molecule has 2 aromatic heterocycles. The van der Waals surface area contributed by atoms with Gasteiger partial charge in [0.25, 0.3) is 0 Å². The van der Waals surface area contributed by atoms with Crippen molar-refractivity contribution in [2.45, 2.75) is 57.4 Å². The Labute approximate surface area is 152 Å². The maximum absolute atomic E-state index is 5.45. The van der Waals surface area contributed by atoms with Gasteiger partial charge in [-0.15, -0.1) is 10.2 Å². The second kappa shape index (κ2) is 6.63. The Morgan fingerprint density at radius 2 is 1.96 bits per heavy atom. The molecular formula is C18H23N5OS. The van der Waals surface area contributed by atoms with E-state index in [9.17, 15) is 0 Å². The molecular weight excluding hydrogens is 334 g/mol. The second-order valence-corrected chi connectivity index (χ2v) is 8.55. The lowest BCUT2D eigenvalue weighted by atomic mass is 9.96. The van der Waals surface area contributed by atoms with Gasteiger partial charge in [-0.1, -0.05) is 55.4 Å². The third-order valence-corrected chi connectivity index (χ3v) is 4.92. The normalized spacial score (nSPS) is 13.2. The molecule has 0 aliphatic carbocycles. The van der Waals surface area contributed by atoms with Gasteiger partial charge in [-0.05, 0) is 32.4 Å². The number of aromatic nitrogens is 5. The predicted molar refractivity (Wildman–Crippen MR) is 98.1 cm³/mol. The summed E-state index contributed by atoms with van der Waals surface area (Å²) >= 11 is 1.55. The topological polar surface area (TPSA) is 69.6 Å². The largest absolute Gasteiger partial charge is 0.338 e. The van der Waals surface area contributed by atoms with Gasteiger partial charge in [0.2, 0.25) is 5.89 Å². The fourth-order valence-corrected chi connectivity index (χ4v) is 3.33. The molecule has 0 saturated heterocycles. The average molecular weight is 357 g/mol.